The lowest BCUT2D eigenvalue weighted by molar-refractivity contribution is 0.1000. The Hall–Kier alpha value is -2.07. The summed E-state index contributed by atoms with van der Waals surface area (Å²) in [6, 6.07) is 3.70. The minimum Gasteiger partial charge on any atom is -0.365 e. The minimum atomic E-state index is -0.532. The van der Waals surface area contributed by atoms with Crippen molar-refractivity contribution in [2.45, 2.75) is 13.5 Å². The van der Waals surface area contributed by atoms with E-state index in [0.29, 0.717) is 17.1 Å². The summed E-state index contributed by atoms with van der Waals surface area (Å²) in [5, 5.41) is 0.361. The van der Waals surface area contributed by atoms with Crippen molar-refractivity contribution in [2.24, 2.45) is 5.73 Å². The van der Waals surface area contributed by atoms with Gasteiger partial charge in [-0.3, -0.25) is 9.78 Å². The molecule has 0 aliphatic rings. The predicted octanol–water partition coefficient (Wildman–Crippen LogP) is 2.80. The van der Waals surface area contributed by atoms with Gasteiger partial charge < -0.3 is 10.3 Å². The van der Waals surface area contributed by atoms with E-state index in [9.17, 15) is 4.79 Å². The Kier molecular flexibility index (Phi) is 3.71. The third kappa shape index (κ3) is 2.27. The molecule has 0 unspecified atom stereocenters. The smallest absolute Gasteiger partial charge is 0.252 e. The Labute approximate surface area is 116 Å². The zero-order chi connectivity index (χ0) is 14.0. The van der Waals surface area contributed by atoms with Crippen molar-refractivity contribution in [2.75, 3.05) is 0 Å². The summed E-state index contributed by atoms with van der Waals surface area (Å²) in [4.78, 5) is 15.6. The normalized spacial score (nSPS) is 10.4. The summed E-state index contributed by atoms with van der Waals surface area (Å²) >= 11 is 6.32. The molecule has 0 aromatic carbocycles. The standard InChI is InChI=1S/C14H14ClN3O/c1-3-7-18-9(2)11(14(16)19)12(15)13(18)10-5-4-6-17-8-10/h3-6,8H,1,7H2,2H3,(H2,16,19). The molecule has 2 heterocycles. The Morgan fingerprint density at radius 1 is 1.63 bits per heavy atom. The second kappa shape index (κ2) is 5.28. The van der Waals surface area contributed by atoms with Crippen molar-refractivity contribution in [3.8, 4) is 11.3 Å². The van der Waals surface area contributed by atoms with Gasteiger partial charge in [0.1, 0.15) is 0 Å². The first-order valence-electron chi connectivity index (χ1n) is 5.77. The number of nitrogens with two attached hydrogens (primary N) is 1. The van der Waals surface area contributed by atoms with Crippen molar-refractivity contribution in [1.82, 2.24) is 9.55 Å². The fraction of sp³-hybridized carbons (Fsp3) is 0.143. The first-order chi connectivity index (χ1) is 9.07. The van der Waals surface area contributed by atoms with Crippen molar-refractivity contribution < 1.29 is 4.79 Å². The summed E-state index contributed by atoms with van der Waals surface area (Å²) in [5.41, 5.74) is 8.05. The Morgan fingerprint density at radius 3 is 2.89 bits per heavy atom. The molecule has 0 atom stereocenters. The van der Waals surface area contributed by atoms with E-state index in [1.54, 1.807) is 18.5 Å². The first kappa shape index (κ1) is 13.4. The maximum Gasteiger partial charge on any atom is 0.252 e. The number of halogens is 1. The van der Waals surface area contributed by atoms with E-state index in [-0.39, 0.29) is 0 Å². The second-order valence-corrected chi connectivity index (χ2v) is 4.51. The number of carbonyl (C=O) groups excluding carboxylic acids is 1. The second-order valence-electron chi connectivity index (χ2n) is 4.13. The van der Waals surface area contributed by atoms with Crippen LogP contribution in [0.4, 0.5) is 0 Å². The molecule has 98 valence electrons. The molecule has 2 rings (SSSR count). The SMILES string of the molecule is C=CCn1c(C)c(C(N)=O)c(Cl)c1-c1cccnc1. The summed E-state index contributed by atoms with van der Waals surface area (Å²) in [6.07, 6.45) is 5.12. The monoisotopic (exact) mass is 275 g/mol. The number of primary amides is 1. The zero-order valence-corrected chi connectivity index (χ0v) is 11.3. The fourth-order valence-electron chi connectivity index (χ4n) is 2.13. The van der Waals surface area contributed by atoms with Crippen LogP contribution in [0.1, 0.15) is 16.1 Å². The number of carbonyl (C=O) groups is 1. The summed E-state index contributed by atoms with van der Waals surface area (Å²) < 4.78 is 1.91. The number of amides is 1. The molecule has 0 aliphatic heterocycles. The van der Waals surface area contributed by atoms with Gasteiger partial charge in [-0.15, -0.1) is 6.58 Å². The summed E-state index contributed by atoms with van der Waals surface area (Å²) in [6.45, 7) is 6.08. The van der Waals surface area contributed by atoms with Gasteiger partial charge in [-0.05, 0) is 19.1 Å². The maximum atomic E-state index is 11.5. The Morgan fingerprint density at radius 2 is 2.37 bits per heavy atom. The molecule has 0 radical (unpaired) electrons. The molecular weight excluding hydrogens is 262 g/mol. The van der Waals surface area contributed by atoms with Crippen LogP contribution >= 0.6 is 11.6 Å². The Bertz CT molecular complexity index is 632. The van der Waals surface area contributed by atoms with Crippen LogP contribution in [0.25, 0.3) is 11.3 Å². The molecule has 19 heavy (non-hydrogen) atoms. The van der Waals surface area contributed by atoms with Gasteiger partial charge in [0.05, 0.1) is 16.3 Å². The van der Waals surface area contributed by atoms with Crippen LogP contribution in [0.2, 0.25) is 5.02 Å². The van der Waals surface area contributed by atoms with Gasteiger partial charge in [0.25, 0.3) is 5.91 Å². The number of nitrogens with zero attached hydrogens (tertiary/aromatic N) is 2. The van der Waals surface area contributed by atoms with Gasteiger partial charge in [0, 0.05) is 30.2 Å². The van der Waals surface area contributed by atoms with Crippen molar-refractivity contribution >= 4 is 17.5 Å². The summed E-state index contributed by atoms with van der Waals surface area (Å²) in [7, 11) is 0. The number of hydrogen-bond donors (Lipinski definition) is 1. The zero-order valence-electron chi connectivity index (χ0n) is 10.6. The third-order valence-corrected chi connectivity index (χ3v) is 3.33. The molecule has 0 aliphatic carbocycles. The molecular formula is C14H14ClN3O. The quantitative estimate of drug-likeness (QED) is 0.872. The van der Waals surface area contributed by atoms with E-state index in [4.69, 9.17) is 17.3 Å². The van der Waals surface area contributed by atoms with Crippen LogP contribution in [0.3, 0.4) is 0 Å². The van der Waals surface area contributed by atoms with E-state index in [1.165, 1.54) is 0 Å². The molecule has 4 nitrogen and oxygen atoms in total. The predicted molar refractivity (Wildman–Crippen MR) is 76.1 cm³/mol. The Balaban J connectivity index is 2.75. The lowest BCUT2D eigenvalue weighted by atomic mass is 10.2. The van der Waals surface area contributed by atoms with Crippen LogP contribution in [-0.4, -0.2) is 15.5 Å². The molecule has 0 saturated carbocycles. The average molecular weight is 276 g/mol. The third-order valence-electron chi connectivity index (χ3n) is 2.96. The van der Waals surface area contributed by atoms with Crippen molar-refractivity contribution in [3.63, 3.8) is 0 Å². The van der Waals surface area contributed by atoms with Gasteiger partial charge in [-0.25, -0.2) is 0 Å². The molecule has 1 amide bonds. The highest BCUT2D eigenvalue weighted by atomic mass is 35.5. The van der Waals surface area contributed by atoms with Gasteiger partial charge in [0.15, 0.2) is 0 Å². The van der Waals surface area contributed by atoms with Crippen LogP contribution < -0.4 is 5.73 Å². The molecule has 0 bridgehead atoms. The number of rotatable bonds is 4. The van der Waals surface area contributed by atoms with Gasteiger partial charge in [-0.2, -0.15) is 0 Å². The van der Waals surface area contributed by atoms with Gasteiger partial charge >= 0.3 is 0 Å². The lowest BCUT2D eigenvalue weighted by Crippen LogP contribution is -2.12. The maximum absolute atomic E-state index is 11.5. The van der Waals surface area contributed by atoms with Crippen LogP contribution in [0.15, 0.2) is 37.2 Å². The molecule has 2 aromatic heterocycles. The van der Waals surface area contributed by atoms with Gasteiger partial charge in [0.2, 0.25) is 0 Å². The fourth-order valence-corrected chi connectivity index (χ4v) is 2.57. The number of aromatic nitrogens is 2. The largest absolute Gasteiger partial charge is 0.365 e. The number of allylic oxidation sites excluding steroid dienone is 1. The molecule has 2 aromatic rings. The molecule has 5 heteroatoms. The highest BCUT2D eigenvalue weighted by molar-refractivity contribution is 6.36. The molecule has 0 fully saturated rings. The average Bonchev–Trinajstić information content (AvgIpc) is 2.63. The van der Waals surface area contributed by atoms with Crippen LogP contribution in [0, 0.1) is 6.92 Å². The van der Waals surface area contributed by atoms with Crippen molar-refractivity contribution in [3.05, 3.63) is 53.5 Å². The van der Waals surface area contributed by atoms with E-state index < -0.39 is 5.91 Å². The summed E-state index contributed by atoms with van der Waals surface area (Å²) in [5.74, 6) is -0.532. The minimum absolute atomic E-state index is 0.349. The first-order valence-corrected chi connectivity index (χ1v) is 6.15. The van der Waals surface area contributed by atoms with E-state index in [2.05, 4.69) is 11.6 Å². The molecule has 0 saturated heterocycles. The van der Waals surface area contributed by atoms with E-state index in [0.717, 1.165) is 17.0 Å². The molecule has 2 N–H and O–H groups in total. The van der Waals surface area contributed by atoms with Crippen LogP contribution in [-0.2, 0) is 6.54 Å². The highest BCUT2D eigenvalue weighted by Gasteiger charge is 2.22. The highest BCUT2D eigenvalue weighted by Crippen LogP contribution is 2.35. The van der Waals surface area contributed by atoms with Crippen LogP contribution in [0.5, 0.6) is 0 Å². The van der Waals surface area contributed by atoms with E-state index in [1.807, 2.05) is 23.6 Å². The topological polar surface area (TPSA) is 60.9 Å². The van der Waals surface area contributed by atoms with Gasteiger partial charge in [-0.1, -0.05) is 17.7 Å². The number of pyridine rings is 1. The van der Waals surface area contributed by atoms with Crippen molar-refractivity contribution in [1.29, 1.82) is 0 Å². The molecule has 0 spiro atoms. The van der Waals surface area contributed by atoms with E-state index >= 15 is 0 Å². The number of hydrogen-bond acceptors (Lipinski definition) is 2. The lowest BCUT2D eigenvalue weighted by Gasteiger charge is -2.09.